The second-order valence-corrected chi connectivity index (χ2v) is 6.11. The van der Waals surface area contributed by atoms with Crippen LogP contribution in [0.15, 0.2) is 53.1 Å². The lowest BCUT2D eigenvalue weighted by molar-refractivity contribution is -0.122. The summed E-state index contributed by atoms with van der Waals surface area (Å²) >= 11 is 0. The van der Waals surface area contributed by atoms with Crippen molar-refractivity contribution >= 4 is 11.8 Å². The Kier molecular flexibility index (Phi) is 6.77. The Hall–Kier alpha value is -2.60. The highest BCUT2D eigenvalue weighted by Gasteiger charge is 2.20. The molecule has 1 aromatic heterocycles. The van der Waals surface area contributed by atoms with Crippen molar-refractivity contribution in [2.24, 2.45) is 0 Å². The van der Waals surface area contributed by atoms with E-state index in [0.29, 0.717) is 13.0 Å². The topological polar surface area (TPSA) is 91.6 Å². The van der Waals surface area contributed by atoms with Crippen molar-refractivity contribution in [3.05, 3.63) is 60.1 Å². The molecule has 3 unspecified atom stereocenters. The number of furan rings is 1. The van der Waals surface area contributed by atoms with E-state index in [1.165, 1.54) is 12.3 Å². The van der Waals surface area contributed by atoms with Crippen LogP contribution >= 0.6 is 0 Å². The van der Waals surface area contributed by atoms with Gasteiger partial charge in [-0.05, 0) is 38.0 Å². The van der Waals surface area contributed by atoms with Crippen LogP contribution in [0.3, 0.4) is 0 Å². The van der Waals surface area contributed by atoms with Gasteiger partial charge in [-0.1, -0.05) is 30.3 Å². The quantitative estimate of drug-likeness (QED) is 0.684. The number of rotatable bonds is 8. The van der Waals surface area contributed by atoms with E-state index in [4.69, 9.17) is 4.42 Å². The van der Waals surface area contributed by atoms with Crippen molar-refractivity contribution in [3.8, 4) is 0 Å². The zero-order valence-electron chi connectivity index (χ0n) is 14.4. The van der Waals surface area contributed by atoms with Gasteiger partial charge in [0.05, 0.1) is 12.4 Å². The van der Waals surface area contributed by atoms with E-state index in [9.17, 15) is 14.7 Å². The van der Waals surface area contributed by atoms with E-state index in [0.717, 1.165) is 5.56 Å². The molecule has 1 heterocycles. The highest BCUT2D eigenvalue weighted by Crippen LogP contribution is 2.20. The molecule has 0 fully saturated rings. The van der Waals surface area contributed by atoms with Crippen LogP contribution in [0.2, 0.25) is 0 Å². The van der Waals surface area contributed by atoms with Crippen molar-refractivity contribution in [1.29, 1.82) is 0 Å². The van der Waals surface area contributed by atoms with Gasteiger partial charge in [0.2, 0.25) is 5.91 Å². The maximum absolute atomic E-state index is 12.3. The maximum Gasteiger partial charge on any atom is 0.287 e. The molecule has 0 aliphatic heterocycles. The molecule has 2 rings (SSSR count). The predicted octanol–water partition coefficient (Wildman–Crippen LogP) is 2.07. The number of hydrogen-bond acceptors (Lipinski definition) is 4. The third kappa shape index (κ3) is 5.76. The molecule has 134 valence electrons. The van der Waals surface area contributed by atoms with E-state index in [2.05, 4.69) is 10.6 Å². The monoisotopic (exact) mass is 344 g/mol. The van der Waals surface area contributed by atoms with Gasteiger partial charge in [0.25, 0.3) is 5.91 Å². The highest BCUT2D eigenvalue weighted by molar-refractivity contribution is 5.95. The SMILES string of the molecule is CC(O)CC(CNC(=O)C(C)NC(=O)c1ccco1)c1ccccc1. The normalized spacial score (nSPS) is 14.4. The van der Waals surface area contributed by atoms with Crippen molar-refractivity contribution in [2.75, 3.05) is 6.54 Å². The van der Waals surface area contributed by atoms with E-state index in [-0.39, 0.29) is 17.6 Å². The van der Waals surface area contributed by atoms with E-state index >= 15 is 0 Å². The first-order valence-electron chi connectivity index (χ1n) is 8.32. The molecule has 1 aromatic carbocycles. The van der Waals surface area contributed by atoms with Gasteiger partial charge in [-0.15, -0.1) is 0 Å². The smallest absolute Gasteiger partial charge is 0.287 e. The average molecular weight is 344 g/mol. The Balaban J connectivity index is 1.90. The van der Waals surface area contributed by atoms with Crippen LogP contribution in [0, 0.1) is 0 Å². The van der Waals surface area contributed by atoms with Crippen LogP contribution in [0.1, 0.15) is 42.3 Å². The van der Waals surface area contributed by atoms with E-state index in [1.807, 2.05) is 30.3 Å². The largest absolute Gasteiger partial charge is 0.459 e. The third-order valence-corrected chi connectivity index (χ3v) is 3.91. The van der Waals surface area contributed by atoms with Gasteiger partial charge in [-0.25, -0.2) is 0 Å². The van der Waals surface area contributed by atoms with Gasteiger partial charge < -0.3 is 20.2 Å². The number of aliphatic hydroxyl groups is 1. The molecule has 3 atom stereocenters. The Morgan fingerprint density at radius 2 is 1.84 bits per heavy atom. The Bertz CT molecular complexity index is 668. The lowest BCUT2D eigenvalue weighted by Crippen LogP contribution is -2.45. The van der Waals surface area contributed by atoms with Crippen LogP contribution in [0.5, 0.6) is 0 Å². The predicted molar refractivity (Wildman–Crippen MR) is 94.1 cm³/mol. The molecule has 0 aliphatic rings. The fraction of sp³-hybridized carbons (Fsp3) is 0.368. The number of hydrogen-bond donors (Lipinski definition) is 3. The lowest BCUT2D eigenvalue weighted by Gasteiger charge is -2.21. The molecule has 25 heavy (non-hydrogen) atoms. The summed E-state index contributed by atoms with van der Waals surface area (Å²) in [5.41, 5.74) is 1.05. The first-order chi connectivity index (χ1) is 12.0. The van der Waals surface area contributed by atoms with Crippen molar-refractivity contribution in [1.82, 2.24) is 10.6 Å². The summed E-state index contributed by atoms with van der Waals surface area (Å²) in [6.07, 6.45) is 1.47. The van der Waals surface area contributed by atoms with E-state index in [1.54, 1.807) is 19.9 Å². The molecule has 3 N–H and O–H groups in total. The van der Waals surface area contributed by atoms with Crippen LogP contribution in [-0.4, -0.2) is 35.6 Å². The molecule has 0 spiro atoms. The van der Waals surface area contributed by atoms with Gasteiger partial charge in [0.15, 0.2) is 5.76 Å². The minimum atomic E-state index is -0.694. The van der Waals surface area contributed by atoms with Gasteiger partial charge in [0.1, 0.15) is 6.04 Å². The van der Waals surface area contributed by atoms with Gasteiger partial charge in [0, 0.05) is 12.5 Å². The molecule has 0 radical (unpaired) electrons. The summed E-state index contributed by atoms with van der Waals surface area (Å²) in [5.74, 6) is -0.559. The molecule has 6 nitrogen and oxygen atoms in total. The first-order valence-corrected chi connectivity index (χ1v) is 8.32. The van der Waals surface area contributed by atoms with Crippen molar-refractivity contribution in [3.63, 3.8) is 0 Å². The summed E-state index contributed by atoms with van der Waals surface area (Å²) in [5, 5.41) is 15.1. The number of amides is 2. The summed E-state index contributed by atoms with van der Waals surface area (Å²) in [6, 6.07) is 12.2. The average Bonchev–Trinajstić information content (AvgIpc) is 3.13. The number of carbonyl (C=O) groups excluding carboxylic acids is 2. The molecule has 6 heteroatoms. The molecule has 2 aromatic rings. The Morgan fingerprint density at radius 3 is 2.44 bits per heavy atom. The molecular weight excluding hydrogens is 320 g/mol. The van der Waals surface area contributed by atoms with Gasteiger partial charge in [-0.3, -0.25) is 9.59 Å². The Morgan fingerprint density at radius 1 is 1.12 bits per heavy atom. The number of benzene rings is 1. The second kappa shape index (κ2) is 9.03. The summed E-state index contributed by atoms with van der Waals surface area (Å²) in [4.78, 5) is 24.2. The van der Waals surface area contributed by atoms with Crippen LogP contribution in [0.4, 0.5) is 0 Å². The zero-order chi connectivity index (χ0) is 18.2. The molecular formula is C19H24N2O4. The van der Waals surface area contributed by atoms with Crippen LogP contribution in [0.25, 0.3) is 0 Å². The molecule has 0 bridgehead atoms. The number of nitrogens with one attached hydrogen (secondary N) is 2. The van der Waals surface area contributed by atoms with Crippen molar-refractivity contribution < 1.29 is 19.1 Å². The number of carbonyl (C=O) groups is 2. The highest BCUT2D eigenvalue weighted by atomic mass is 16.3. The zero-order valence-corrected chi connectivity index (χ0v) is 14.4. The second-order valence-electron chi connectivity index (χ2n) is 6.11. The molecule has 0 saturated heterocycles. The maximum atomic E-state index is 12.3. The summed E-state index contributed by atoms with van der Waals surface area (Å²) in [7, 11) is 0. The minimum absolute atomic E-state index is 0.00174. The molecule has 0 saturated carbocycles. The standard InChI is InChI=1S/C19H24N2O4/c1-13(22)11-16(15-7-4-3-5-8-15)12-20-18(23)14(2)21-19(24)17-9-6-10-25-17/h3-10,13-14,16,22H,11-12H2,1-2H3,(H,20,23)(H,21,24). The van der Waals surface area contributed by atoms with Crippen molar-refractivity contribution in [2.45, 2.75) is 38.3 Å². The minimum Gasteiger partial charge on any atom is -0.459 e. The molecule has 2 amide bonds. The summed E-state index contributed by atoms with van der Waals surface area (Å²) in [6.45, 7) is 3.72. The fourth-order valence-electron chi connectivity index (χ4n) is 2.59. The van der Waals surface area contributed by atoms with Crippen LogP contribution in [-0.2, 0) is 4.79 Å². The lowest BCUT2D eigenvalue weighted by atomic mass is 9.93. The van der Waals surface area contributed by atoms with Gasteiger partial charge >= 0.3 is 0 Å². The number of aliphatic hydroxyl groups excluding tert-OH is 1. The van der Waals surface area contributed by atoms with E-state index < -0.39 is 18.1 Å². The van der Waals surface area contributed by atoms with Crippen LogP contribution < -0.4 is 10.6 Å². The summed E-state index contributed by atoms with van der Waals surface area (Å²) < 4.78 is 5.00. The molecule has 0 aliphatic carbocycles. The van der Waals surface area contributed by atoms with Gasteiger partial charge in [-0.2, -0.15) is 0 Å². The first kappa shape index (κ1) is 18.7. The fourth-order valence-corrected chi connectivity index (χ4v) is 2.59. The Labute approximate surface area is 147 Å². The third-order valence-electron chi connectivity index (χ3n) is 3.91.